The fraction of sp³-hybridized carbons (Fsp3) is 0.0588. The minimum atomic E-state index is -0.713. The average Bonchev–Trinajstić information content (AvgIpc) is 2.56. The van der Waals surface area contributed by atoms with E-state index in [9.17, 15) is 18.7 Å². The van der Waals surface area contributed by atoms with Crippen molar-refractivity contribution in [2.24, 2.45) is 0 Å². The van der Waals surface area contributed by atoms with Crippen molar-refractivity contribution >= 4 is 17.4 Å². The van der Waals surface area contributed by atoms with E-state index < -0.39 is 17.3 Å². The van der Waals surface area contributed by atoms with Crippen LogP contribution in [0.5, 0.6) is 5.75 Å². The summed E-state index contributed by atoms with van der Waals surface area (Å²) in [5.41, 5.74) is 2.02. The molecule has 0 unspecified atom stereocenters. The summed E-state index contributed by atoms with van der Waals surface area (Å²) in [5, 5.41) is 10.1. The monoisotopic (exact) mass is 363 g/mol. The Morgan fingerprint density at radius 2 is 1.88 bits per heavy atom. The number of anilines is 1. The lowest BCUT2D eigenvalue weighted by molar-refractivity contribution is 0.465. The van der Waals surface area contributed by atoms with Crippen LogP contribution < -0.4 is 11.0 Å². The standard InChI is InChI=1S/C17H12ClF2N3O2/c18-12-3-1-4-13(19)10(12)9-11-14(24)7-8-23(17(11)25)22-16-6-2-5-15(20)21-16/h1-8,24H,9H2,(H,21,22). The van der Waals surface area contributed by atoms with E-state index >= 15 is 0 Å². The largest absolute Gasteiger partial charge is 0.507 e. The molecule has 0 aliphatic carbocycles. The maximum Gasteiger partial charge on any atom is 0.276 e. The quantitative estimate of drug-likeness (QED) is 0.698. The number of rotatable bonds is 4. The molecule has 5 nitrogen and oxygen atoms in total. The first-order chi connectivity index (χ1) is 12.0. The van der Waals surface area contributed by atoms with Crippen LogP contribution in [0.1, 0.15) is 11.1 Å². The number of nitrogens with one attached hydrogen (secondary N) is 1. The van der Waals surface area contributed by atoms with Gasteiger partial charge < -0.3 is 5.11 Å². The highest BCUT2D eigenvalue weighted by Gasteiger charge is 2.15. The average molecular weight is 364 g/mol. The molecule has 25 heavy (non-hydrogen) atoms. The van der Waals surface area contributed by atoms with Crippen LogP contribution in [0.15, 0.2) is 53.5 Å². The van der Waals surface area contributed by atoms with E-state index in [4.69, 9.17) is 11.6 Å². The Hall–Kier alpha value is -2.93. The van der Waals surface area contributed by atoms with Crippen LogP contribution in [0.2, 0.25) is 5.02 Å². The zero-order valence-corrected chi connectivity index (χ0v) is 13.5. The van der Waals surface area contributed by atoms with E-state index in [2.05, 4.69) is 10.4 Å². The summed E-state index contributed by atoms with van der Waals surface area (Å²) in [5.74, 6) is -1.49. The minimum absolute atomic E-state index is 0.0570. The molecule has 1 aromatic carbocycles. The summed E-state index contributed by atoms with van der Waals surface area (Å²) in [6.07, 6.45) is 1.06. The summed E-state index contributed by atoms with van der Waals surface area (Å²) in [7, 11) is 0. The highest BCUT2D eigenvalue weighted by Crippen LogP contribution is 2.24. The number of aromatic nitrogens is 2. The number of benzene rings is 1. The van der Waals surface area contributed by atoms with Crippen molar-refractivity contribution in [3.8, 4) is 5.75 Å². The Labute approximate surface area is 146 Å². The zero-order chi connectivity index (χ0) is 18.0. The fourth-order valence-corrected chi connectivity index (χ4v) is 2.52. The van der Waals surface area contributed by atoms with Gasteiger partial charge in [0.2, 0.25) is 5.95 Å². The Morgan fingerprint density at radius 1 is 1.12 bits per heavy atom. The van der Waals surface area contributed by atoms with Gasteiger partial charge in [-0.3, -0.25) is 10.2 Å². The molecule has 0 atom stereocenters. The van der Waals surface area contributed by atoms with E-state index in [1.807, 2.05) is 0 Å². The summed E-state index contributed by atoms with van der Waals surface area (Å²) in [4.78, 5) is 16.2. The van der Waals surface area contributed by atoms with Gasteiger partial charge in [-0.2, -0.15) is 4.39 Å². The van der Waals surface area contributed by atoms with E-state index in [-0.39, 0.29) is 34.1 Å². The lowest BCUT2D eigenvalue weighted by Crippen LogP contribution is -2.29. The third-order valence-electron chi connectivity index (χ3n) is 3.53. The van der Waals surface area contributed by atoms with Crippen LogP contribution in [0, 0.1) is 11.8 Å². The van der Waals surface area contributed by atoms with Crippen molar-refractivity contribution in [3.63, 3.8) is 0 Å². The van der Waals surface area contributed by atoms with Crippen LogP contribution in [-0.2, 0) is 6.42 Å². The van der Waals surface area contributed by atoms with Gasteiger partial charge in [0.05, 0.1) is 5.56 Å². The fourth-order valence-electron chi connectivity index (χ4n) is 2.29. The van der Waals surface area contributed by atoms with Crippen LogP contribution >= 0.6 is 11.6 Å². The predicted molar refractivity (Wildman–Crippen MR) is 89.8 cm³/mol. The Morgan fingerprint density at radius 3 is 2.60 bits per heavy atom. The molecule has 0 radical (unpaired) electrons. The molecule has 3 aromatic rings. The number of hydrogen-bond acceptors (Lipinski definition) is 4. The van der Waals surface area contributed by atoms with Gasteiger partial charge in [-0.15, -0.1) is 0 Å². The van der Waals surface area contributed by atoms with Gasteiger partial charge in [-0.1, -0.05) is 23.7 Å². The maximum absolute atomic E-state index is 13.9. The second kappa shape index (κ2) is 6.90. The molecule has 0 amide bonds. The van der Waals surface area contributed by atoms with Crippen molar-refractivity contribution < 1.29 is 13.9 Å². The predicted octanol–water partition coefficient (Wildman–Crippen LogP) is 3.35. The molecule has 0 fully saturated rings. The first-order valence-electron chi connectivity index (χ1n) is 7.21. The minimum Gasteiger partial charge on any atom is -0.507 e. The van der Waals surface area contributed by atoms with E-state index in [1.54, 1.807) is 0 Å². The van der Waals surface area contributed by atoms with E-state index in [0.717, 1.165) is 10.7 Å². The Kier molecular flexibility index (Phi) is 4.67. The molecule has 8 heteroatoms. The molecule has 2 N–H and O–H groups in total. The molecule has 3 rings (SSSR count). The number of hydrogen-bond donors (Lipinski definition) is 2. The van der Waals surface area contributed by atoms with Crippen LogP contribution in [0.4, 0.5) is 14.6 Å². The summed E-state index contributed by atoms with van der Waals surface area (Å²) in [6.45, 7) is 0. The second-order valence-corrected chi connectivity index (χ2v) is 5.60. The molecule has 2 heterocycles. The van der Waals surface area contributed by atoms with Crippen molar-refractivity contribution in [1.29, 1.82) is 0 Å². The third-order valence-corrected chi connectivity index (χ3v) is 3.89. The van der Waals surface area contributed by atoms with Gasteiger partial charge in [0.1, 0.15) is 17.4 Å². The highest BCUT2D eigenvalue weighted by molar-refractivity contribution is 6.31. The lowest BCUT2D eigenvalue weighted by atomic mass is 10.0. The number of nitrogens with zero attached hydrogens (tertiary/aromatic N) is 2. The molecule has 0 spiro atoms. The van der Waals surface area contributed by atoms with Gasteiger partial charge in [0.15, 0.2) is 0 Å². The zero-order valence-electron chi connectivity index (χ0n) is 12.7. The van der Waals surface area contributed by atoms with Gasteiger partial charge in [-0.05, 0) is 30.3 Å². The Bertz CT molecular complexity index is 972. The van der Waals surface area contributed by atoms with Crippen LogP contribution in [0.25, 0.3) is 0 Å². The SMILES string of the molecule is O=c1c(Cc2c(F)cccc2Cl)c(O)ccn1Nc1cccc(F)n1. The second-order valence-electron chi connectivity index (χ2n) is 5.19. The Balaban J connectivity index is 1.99. The van der Waals surface area contributed by atoms with Gasteiger partial charge in [-0.25, -0.2) is 14.1 Å². The molecule has 0 saturated heterocycles. The molecule has 2 aromatic heterocycles. The molecular formula is C17H12ClF2N3O2. The van der Waals surface area contributed by atoms with Crippen molar-refractivity contribution in [3.05, 3.63) is 86.9 Å². The third kappa shape index (κ3) is 3.61. The topological polar surface area (TPSA) is 67.2 Å². The molecule has 0 aliphatic rings. The van der Waals surface area contributed by atoms with Gasteiger partial charge in [0, 0.05) is 23.2 Å². The first-order valence-corrected chi connectivity index (χ1v) is 7.59. The lowest BCUT2D eigenvalue weighted by Gasteiger charge is -2.12. The van der Waals surface area contributed by atoms with Gasteiger partial charge in [0.25, 0.3) is 5.56 Å². The van der Waals surface area contributed by atoms with Crippen molar-refractivity contribution in [2.75, 3.05) is 5.43 Å². The number of halogens is 3. The van der Waals surface area contributed by atoms with Crippen molar-refractivity contribution in [1.82, 2.24) is 9.66 Å². The smallest absolute Gasteiger partial charge is 0.276 e. The van der Waals surface area contributed by atoms with Crippen molar-refractivity contribution in [2.45, 2.75) is 6.42 Å². The maximum atomic E-state index is 13.9. The summed E-state index contributed by atoms with van der Waals surface area (Å²) in [6, 6.07) is 9.48. The highest BCUT2D eigenvalue weighted by atomic mass is 35.5. The molecular weight excluding hydrogens is 352 g/mol. The van der Waals surface area contributed by atoms with E-state index in [1.165, 1.54) is 42.6 Å². The molecule has 0 aliphatic heterocycles. The summed E-state index contributed by atoms with van der Waals surface area (Å²) < 4.78 is 28.1. The summed E-state index contributed by atoms with van der Waals surface area (Å²) >= 11 is 5.97. The first kappa shape index (κ1) is 16.9. The number of pyridine rings is 2. The normalized spacial score (nSPS) is 10.7. The molecule has 128 valence electrons. The molecule has 0 bridgehead atoms. The van der Waals surface area contributed by atoms with E-state index in [0.29, 0.717) is 0 Å². The van der Waals surface area contributed by atoms with Crippen LogP contribution in [-0.4, -0.2) is 14.8 Å². The van der Waals surface area contributed by atoms with Crippen LogP contribution in [0.3, 0.4) is 0 Å². The molecule has 0 saturated carbocycles. The number of aromatic hydroxyl groups is 1. The van der Waals surface area contributed by atoms with Gasteiger partial charge >= 0.3 is 0 Å².